The molecule has 0 saturated heterocycles. The van der Waals surface area contributed by atoms with Crippen molar-refractivity contribution >= 4 is 29.3 Å². The molecule has 0 aromatic heterocycles. The molecule has 5 heteroatoms. The van der Waals surface area contributed by atoms with Crippen molar-refractivity contribution in [3.05, 3.63) is 29.3 Å². The lowest BCUT2D eigenvalue weighted by Crippen LogP contribution is -2.25. The summed E-state index contributed by atoms with van der Waals surface area (Å²) in [5.74, 6) is 0.812. The Labute approximate surface area is 130 Å². The van der Waals surface area contributed by atoms with Gasteiger partial charge < -0.3 is 10.1 Å². The standard InChI is InChI=1S/C15H22ClNO2S/c1-12(2)19-10-5-9-17-15(18)8-11-20-14-7-4-3-6-13(14)16/h3-4,6-7,12H,5,8-11H2,1-2H3,(H,17,18). The molecule has 1 aromatic carbocycles. The Morgan fingerprint density at radius 1 is 1.40 bits per heavy atom. The van der Waals surface area contributed by atoms with Crippen LogP contribution in [-0.2, 0) is 9.53 Å². The van der Waals surface area contributed by atoms with Crippen LogP contribution < -0.4 is 5.32 Å². The molecule has 0 radical (unpaired) electrons. The van der Waals surface area contributed by atoms with Gasteiger partial charge in [0, 0.05) is 30.2 Å². The maximum atomic E-state index is 11.6. The van der Waals surface area contributed by atoms with Crippen LogP contribution in [0.2, 0.25) is 5.02 Å². The van der Waals surface area contributed by atoms with E-state index in [-0.39, 0.29) is 12.0 Å². The highest BCUT2D eigenvalue weighted by molar-refractivity contribution is 7.99. The van der Waals surface area contributed by atoms with E-state index in [2.05, 4.69) is 5.32 Å². The SMILES string of the molecule is CC(C)OCCCNC(=O)CCSc1ccccc1Cl. The first-order valence-corrected chi connectivity index (χ1v) is 8.21. The van der Waals surface area contributed by atoms with E-state index >= 15 is 0 Å². The molecule has 0 unspecified atom stereocenters. The molecule has 0 atom stereocenters. The van der Waals surface area contributed by atoms with Gasteiger partial charge in [-0.2, -0.15) is 0 Å². The number of amides is 1. The molecule has 1 rings (SSSR count). The van der Waals surface area contributed by atoms with Crippen molar-refractivity contribution in [2.75, 3.05) is 18.9 Å². The summed E-state index contributed by atoms with van der Waals surface area (Å²) in [6.45, 7) is 5.36. The lowest BCUT2D eigenvalue weighted by molar-refractivity contribution is -0.120. The van der Waals surface area contributed by atoms with Gasteiger partial charge in [0.05, 0.1) is 11.1 Å². The number of halogens is 1. The number of carbonyl (C=O) groups is 1. The summed E-state index contributed by atoms with van der Waals surface area (Å²) in [6, 6.07) is 7.67. The zero-order chi connectivity index (χ0) is 14.8. The van der Waals surface area contributed by atoms with Gasteiger partial charge in [0.1, 0.15) is 0 Å². The highest BCUT2D eigenvalue weighted by atomic mass is 35.5. The van der Waals surface area contributed by atoms with Crippen molar-refractivity contribution < 1.29 is 9.53 Å². The maximum absolute atomic E-state index is 11.6. The summed E-state index contributed by atoms with van der Waals surface area (Å²) < 4.78 is 5.41. The van der Waals surface area contributed by atoms with E-state index in [1.807, 2.05) is 38.1 Å². The molecule has 1 aromatic rings. The van der Waals surface area contributed by atoms with Gasteiger partial charge in [-0.3, -0.25) is 4.79 Å². The molecule has 1 amide bonds. The van der Waals surface area contributed by atoms with Gasteiger partial charge in [-0.05, 0) is 32.4 Å². The second kappa shape index (κ2) is 10.1. The molecule has 0 spiro atoms. The number of carbonyl (C=O) groups excluding carboxylic acids is 1. The largest absolute Gasteiger partial charge is 0.379 e. The smallest absolute Gasteiger partial charge is 0.220 e. The van der Waals surface area contributed by atoms with Crippen molar-refractivity contribution in [2.45, 2.75) is 37.7 Å². The first kappa shape index (κ1) is 17.3. The summed E-state index contributed by atoms with van der Waals surface area (Å²) >= 11 is 7.65. The van der Waals surface area contributed by atoms with Crippen molar-refractivity contribution in [1.82, 2.24) is 5.32 Å². The fourth-order valence-corrected chi connectivity index (χ4v) is 2.71. The molecule has 0 aliphatic heterocycles. The van der Waals surface area contributed by atoms with Crippen LogP contribution in [0.1, 0.15) is 26.7 Å². The molecule has 0 heterocycles. The Kier molecular flexibility index (Phi) is 8.74. The van der Waals surface area contributed by atoms with Crippen molar-refractivity contribution in [3.8, 4) is 0 Å². The lowest BCUT2D eigenvalue weighted by Gasteiger charge is -2.08. The van der Waals surface area contributed by atoms with Gasteiger partial charge >= 0.3 is 0 Å². The quantitative estimate of drug-likeness (QED) is 0.557. The summed E-state index contributed by atoms with van der Waals surface area (Å²) in [6.07, 6.45) is 1.60. The van der Waals surface area contributed by atoms with Crippen LogP contribution in [0.5, 0.6) is 0 Å². The minimum atomic E-state index is 0.0779. The van der Waals surface area contributed by atoms with E-state index in [0.29, 0.717) is 19.6 Å². The van der Waals surface area contributed by atoms with Gasteiger partial charge in [-0.25, -0.2) is 0 Å². The first-order chi connectivity index (χ1) is 9.59. The van der Waals surface area contributed by atoms with Gasteiger partial charge in [0.25, 0.3) is 0 Å². The van der Waals surface area contributed by atoms with Crippen LogP contribution in [0.25, 0.3) is 0 Å². The Balaban J connectivity index is 2.07. The zero-order valence-electron chi connectivity index (χ0n) is 12.0. The molecular formula is C15H22ClNO2S. The highest BCUT2D eigenvalue weighted by Crippen LogP contribution is 2.26. The molecule has 3 nitrogen and oxygen atoms in total. The van der Waals surface area contributed by atoms with Crippen LogP contribution in [0.3, 0.4) is 0 Å². The zero-order valence-corrected chi connectivity index (χ0v) is 13.6. The number of benzene rings is 1. The minimum absolute atomic E-state index is 0.0779. The van der Waals surface area contributed by atoms with E-state index in [9.17, 15) is 4.79 Å². The maximum Gasteiger partial charge on any atom is 0.220 e. The molecule has 0 aliphatic rings. The number of rotatable bonds is 9. The average Bonchev–Trinajstić information content (AvgIpc) is 2.40. The highest BCUT2D eigenvalue weighted by Gasteiger charge is 2.03. The second-order valence-electron chi connectivity index (χ2n) is 4.65. The molecular weight excluding hydrogens is 294 g/mol. The van der Waals surface area contributed by atoms with E-state index in [4.69, 9.17) is 16.3 Å². The van der Waals surface area contributed by atoms with Gasteiger partial charge in [-0.1, -0.05) is 23.7 Å². The minimum Gasteiger partial charge on any atom is -0.379 e. The summed E-state index contributed by atoms with van der Waals surface area (Å²) in [5, 5.41) is 3.63. The first-order valence-electron chi connectivity index (χ1n) is 6.85. The van der Waals surface area contributed by atoms with Gasteiger partial charge in [-0.15, -0.1) is 11.8 Å². The monoisotopic (exact) mass is 315 g/mol. The normalized spacial score (nSPS) is 10.8. The average molecular weight is 316 g/mol. The van der Waals surface area contributed by atoms with Crippen LogP contribution in [0.4, 0.5) is 0 Å². The molecule has 0 saturated carbocycles. The molecule has 0 fully saturated rings. The Bertz CT molecular complexity index is 413. The topological polar surface area (TPSA) is 38.3 Å². The molecule has 0 aliphatic carbocycles. The Morgan fingerprint density at radius 2 is 2.15 bits per heavy atom. The molecule has 1 N–H and O–H groups in total. The fraction of sp³-hybridized carbons (Fsp3) is 0.533. The number of nitrogens with one attached hydrogen (secondary N) is 1. The lowest BCUT2D eigenvalue weighted by atomic mass is 10.4. The van der Waals surface area contributed by atoms with E-state index in [1.165, 1.54) is 0 Å². The van der Waals surface area contributed by atoms with Crippen LogP contribution >= 0.6 is 23.4 Å². The number of hydrogen-bond donors (Lipinski definition) is 1. The number of thioether (sulfide) groups is 1. The summed E-state index contributed by atoms with van der Waals surface area (Å²) in [5.41, 5.74) is 0. The van der Waals surface area contributed by atoms with Crippen molar-refractivity contribution in [2.24, 2.45) is 0 Å². The second-order valence-corrected chi connectivity index (χ2v) is 6.20. The van der Waals surface area contributed by atoms with Gasteiger partial charge in [0.15, 0.2) is 0 Å². The molecule has 0 bridgehead atoms. The van der Waals surface area contributed by atoms with Crippen LogP contribution in [0.15, 0.2) is 29.2 Å². The summed E-state index contributed by atoms with van der Waals surface area (Å²) in [7, 11) is 0. The third-order valence-electron chi connectivity index (χ3n) is 2.52. The molecule has 20 heavy (non-hydrogen) atoms. The summed E-state index contributed by atoms with van der Waals surface area (Å²) in [4.78, 5) is 12.6. The van der Waals surface area contributed by atoms with E-state index in [0.717, 1.165) is 22.1 Å². The third-order valence-corrected chi connectivity index (χ3v) is 4.03. The van der Waals surface area contributed by atoms with Gasteiger partial charge in [0.2, 0.25) is 5.91 Å². The van der Waals surface area contributed by atoms with E-state index < -0.39 is 0 Å². The Hall–Kier alpha value is -0.710. The van der Waals surface area contributed by atoms with Crippen LogP contribution in [-0.4, -0.2) is 30.9 Å². The predicted molar refractivity (Wildman–Crippen MR) is 85.5 cm³/mol. The van der Waals surface area contributed by atoms with E-state index in [1.54, 1.807) is 11.8 Å². The van der Waals surface area contributed by atoms with Crippen molar-refractivity contribution in [1.29, 1.82) is 0 Å². The fourth-order valence-electron chi connectivity index (χ4n) is 1.52. The van der Waals surface area contributed by atoms with Crippen LogP contribution in [0, 0.1) is 0 Å². The number of hydrogen-bond acceptors (Lipinski definition) is 3. The third kappa shape index (κ3) is 7.78. The van der Waals surface area contributed by atoms with Crippen molar-refractivity contribution in [3.63, 3.8) is 0 Å². The Morgan fingerprint density at radius 3 is 2.85 bits per heavy atom. The predicted octanol–water partition coefficient (Wildman–Crippen LogP) is 3.75. The number of ether oxygens (including phenoxy) is 1. The molecule has 112 valence electrons.